The maximum atomic E-state index is 3.58. The topological polar surface area (TPSA) is 25.0 Å². The normalized spacial score (nSPS) is 20.2. The van der Waals surface area contributed by atoms with Gasteiger partial charge in [-0.25, -0.2) is 10.4 Å². The SMILES string of the molecule is CCCCCCCCC1(CCCCCCCC)NN1C. The first-order chi connectivity index (χ1) is 9.75. The minimum Gasteiger partial charge on any atom is -0.232 e. The van der Waals surface area contributed by atoms with E-state index in [0.717, 1.165) is 0 Å². The molecule has 0 radical (unpaired) electrons. The Bertz CT molecular complexity index is 211. The summed E-state index contributed by atoms with van der Waals surface area (Å²) in [5, 5.41) is 2.35. The molecule has 20 heavy (non-hydrogen) atoms. The third kappa shape index (κ3) is 7.08. The molecule has 1 heterocycles. The van der Waals surface area contributed by atoms with E-state index in [-0.39, 0.29) is 0 Å². The third-order valence-electron chi connectivity index (χ3n) is 4.86. The number of rotatable bonds is 14. The fourth-order valence-corrected chi connectivity index (χ4v) is 3.25. The van der Waals surface area contributed by atoms with Gasteiger partial charge >= 0.3 is 0 Å². The Hall–Kier alpha value is -0.0800. The monoisotopic (exact) mass is 282 g/mol. The molecule has 0 aromatic rings. The number of hydrogen-bond donors (Lipinski definition) is 1. The van der Waals surface area contributed by atoms with E-state index in [1.807, 2.05) is 0 Å². The average molecular weight is 283 g/mol. The summed E-state index contributed by atoms with van der Waals surface area (Å²) in [6.07, 6.45) is 19.6. The lowest BCUT2D eigenvalue weighted by Gasteiger charge is -2.13. The van der Waals surface area contributed by atoms with Crippen LogP contribution in [0.5, 0.6) is 0 Å². The lowest BCUT2D eigenvalue weighted by molar-refractivity contribution is 0.375. The first-order valence-corrected chi connectivity index (χ1v) is 9.27. The summed E-state index contributed by atoms with van der Waals surface area (Å²) in [5.74, 6) is 0. The molecule has 0 amide bonds. The Labute approximate surface area is 127 Å². The number of nitrogens with one attached hydrogen (secondary N) is 1. The highest BCUT2D eigenvalue weighted by Crippen LogP contribution is 2.34. The summed E-state index contributed by atoms with van der Waals surface area (Å²) in [4.78, 5) is 0. The molecule has 1 aliphatic heterocycles. The van der Waals surface area contributed by atoms with Gasteiger partial charge in [-0.1, -0.05) is 90.9 Å². The molecule has 1 saturated heterocycles. The van der Waals surface area contributed by atoms with E-state index in [4.69, 9.17) is 0 Å². The molecule has 0 bridgehead atoms. The van der Waals surface area contributed by atoms with Gasteiger partial charge in [0.1, 0.15) is 0 Å². The van der Waals surface area contributed by atoms with Gasteiger partial charge in [0.15, 0.2) is 0 Å². The van der Waals surface area contributed by atoms with Crippen LogP contribution >= 0.6 is 0 Å². The summed E-state index contributed by atoms with van der Waals surface area (Å²) < 4.78 is 0. The van der Waals surface area contributed by atoms with Crippen LogP contribution in [0.4, 0.5) is 0 Å². The summed E-state index contributed by atoms with van der Waals surface area (Å²) >= 11 is 0. The Balaban J connectivity index is 1.99. The molecular formula is C18H38N2. The second-order valence-electron chi connectivity index (χ2n) is 6.74. The van der Waals surface area contributed by atoms with Crippen molar-refractivity contribution in [3.63, 3.8) is 0 Å². The molecule has 1 aliphatic rings. The average Bonchev–Trinajstić information content (AvgIpc) is 3.08. The molecule has 1 N–H and O–H groups in total. The van der Waals surface area contributed by atoms with Crippen LogP contribution in [-0.2, 0) is 0 Å². The highest BCUT2D eigenvalue weighted by atomic mass is 15.8. The number of hydrogen-bond acceptors (Lipinski definition) is 2. The van der Waals surface area contributed by atoms with E-state index in [2.05, 4.69) is 31.3 Å². The molecule has 0 aromatic heterocycles. The zero-order chi connectivity index (χ0) is 14.7. The van der Waals surface area contributed by atoms with Gasteiger partial charge in [0, 0.05) is 7.05 Å². The standard InChI is InChI=1S/C18H38N2/c1-4-6-8-10-12-14-16-18(19-20(18)3)17-15-13-11-9-7-5-2/h19H,4-17H2,1-3H3. The van der Waals surface area contributed by atoms with Gasteiger partial charge in [-0.2, -0.15) is 0 Å². The van der Waals surface area contributed by atoms with Gasteiger partial charge in [-0.3, -0.25) is 0 Å². The van der Waals surface area contributed by atoms with E-state index in [9.17, 15) is 0 Å². The summed E-state index contributed by atoms with van der Waals surface area (Å²) in [6.45, 7) is 4.58. The van der Waals surface area contributed by atoms with Gasteiger partial charge in [-0.15, -0.1) is 0 Å². The number of nitrogens with zero attached hydrogens (tertiary/aromatic N) is 1. The second-order valence-corrected chi connectivity index (χ2v) is 6.74. The van der Waals surface area contributed by atoms with Crippen molar-refractivity contribution in [3.05, 3.63) is 0 Å². The lowest BCUT2D eigenvalue weighted by Crippen LogP contribution is -2.18. The van der Waals surface area contributed by atoms with Crippen LogP contribution in [-0.4, -0.2) is 17.7 Å². The summed E-state index contributed by atoms with van der Waals surface area (Å²) in [5.41, 5.74) is 3.97. The molecule has 0 saturated carbocycles. The van der Waals surface area contributed by atoms with Crippen molar-refractivity contribution >= 4 is 0 Å². The molecule has 2 heteroatoms. The van der Waals surface area contributed by atoms with Crippen LogP contribution in [0.25, 0.3) is 0 Å². The maximum Gasteiger partial charge on any atom is 0.0970 e. The molecule has 0 aliphatic carbocycles. The molecule has 0 spiro atoms. The van der Waals surface area contributed by atoms with Crippen LogP contribution in [0.15, 0.2) is 0 Å². The molecule has 0 aromatic carbocycles. The predicted molar refractivity (Wildman–Crippen MR) is 89.6 cm³/mol. The smallest absolute Gasteiger partial charge is 0.0970 e. The molecular weight excluding hydrogens is 244 g/mol. The highest BCUT2D eigenvalue weighted by Gasteiger charge is 2.47. The van der Waals surface area contributed by atoms with E-state index >= 15 is 0 Å². The Morgan fingerprint density at radius 3 is 1.35 bits per heavy atom. The number of unbranched alkanes of at least 4 members (excludes halogenated alkanes) is 10. The summed E-state index contributed by atoms with van der Waals surface area (Å²) in [7, 11) is 2.22. The molecule has 1 unspecified atom stereocenters. The van der Waals surface area contributed by atoms with E-state index < -0.39 is 0 Å². The van der Waals surface area contributed by atoms with Gasteiger partial charge in [0.2, 0.25) is 0 Å². The van der Waals surface area contributed by atoms with Crippen molar-refractivity contribution in [2.45, 2.75) is 109 Å². The predicted octanol–water partition coefficient (Wildman–Crippen LogP) is 5.63. The highest BCUT2D eigenvalue weighted by molar-refractivity contribution is 4.95. The van der Waals surface area contributed by atoms with Crippen molar-refractivity contribution in [2.75, 3.05) is 7.05 Å². The maximum absolute atomic E-state index is 3.58. The Morgan fingerprint density at radius 2 is 1.00 bits per heavy atom. The first-order valence-electron chi connectivity index (χ1n) is 9.27. The van der Waals surface area contributed by atoms with E-state index in [1.54, 1.807) is 0 Å². The zero-order valence-electron chi connectivity index (χ0n) is 14.3. The molecule has 120 valence electrons. The summed E-state index contributed by atoms with van der Waals surface area (Å²) in [6, 6.07) is 0. The largest absolute Gasteiger partial charge is 0.232 e. The van der Waals surface area contributed by atoms with E-state index in [0.29, 0.717) is 5.66 Å². The Kier molecular flexibility index (Phi) is 9.54. The quantitative estimate of drug-likeness (QED) is 0.330. The molecule has 1 rings (SSSR count). The van der Waals surface area contributed by atoms with Gasteiger partial charge in [0.25, 0.3) is 0 Å². The fourth-order valence-electron chi connectivity index (χ4n) is 3.25. The third-order valence-corrected chi connectivity index (χ3v) is 4.86. The van der Waals surface area contributed by atoms with Gasteiger partial charge < -0.3 is 0 Å². The van der Waals surface area contributed by atoms with Crippen LogP contribution in [0.1, 0.15) is 104 Å². The second kappa shape index (κ2) is 10.6. The van der Waals surface area contributed by atoms with Gasteiger partial charge in [0.05, 0.1) is 5.66 Å². The van der Waals surface area contributed by atoms with Crippen LogP contribution in [0.3, 0.4) is 0 Å². The molecule has 1 fully saturated rings. The fraction of sp³-hybridized carbons (Fsp3) is 1.00. The Morgan fingerprint density at radius 1 is 0.650 bits per heavy atom. The number of hydrazine groups is 1. The minimum absolute atomic E-state index is 0.384. The van der Waals surface area contributed by atoms with Crippen molar-refractivity contribution in [1.82, 2.24) is 10.4 Å². The van der Waals surface area contributed by atoms with Crippen LogP contribution in [0.2, 0.25) is 0 Å². The molecule has 1 atom stereocenters. The van der Waals surface area contributed by atoms with Crippen molar-refractivity contribution in [1.29, 1.82) is 0 Å². The van der Waals surface area contributed by atoms with Crippen molar-refractivity contribution < 1.29 is 0 Å². The lowest BCUT2D eigenvalue weighted by atomic mass is 9.97. The van der Waals surface area contributed by atoms with Crippen LogP contribution in [0, 0.1) is 0 Å². The van der Waals surface area contributed by atoms with Crippen molar-refractivity contribution in [2.24, 2.45) is 0 Å². The first kappa shape index (κ1) is 18.0. The van der Waals surface area contributed by atoms with Crippen LogP contribution < -0.4 is 5.43 Å². The zero-order valence-corrected chi connectivity index (χ0v) is 14.3. The minimum atomic E-state index is 0.384. The van der Waals surface area contributed by atoms with Gasteiger partial charge in [-0.05, 0) is 12.8 Å². The molecule has 2 nitrogen and oxygen atoms in total. The van der Waals surface area contributed by atoms with E-state index in [1.165, 1.54) is 89.9 Å². The van der Waals surface area contributed by atoms with Crippen molar-refractivity contribution in [3.8, 4) is 0 Å².